The second kappa shape index (κ2) is 7.90. The Morgan fingerprint density at radius 2 is 1.86 bits per heavy atom. The van der Waals surface area contributed by atoms with Gasteiger partial charge in [0.25, 0.3) is 0 Å². The molecule has 2 aromatic rings. The van der Waals surface area contributed by atoms with E-state index in [1.54, 1.807) is 0 Å². The minimum atomic E-state index is -0.190. The molecule has 2 N–H and O–H groups in total. The lowest BCUT2D eigenvalue weighted by molar-refractivity contribution is -0.114. The Balaban J connectivity index is 1.69. The van der Waals surface area contributed by atoms with Gasteiger partial charge in [0.1, 0.15) is 5.01 Å². The molecule has 0 radical (unpaired) electrons. The van der Waals surface area contributed by atoms with Gasteiger partial charge in [-0.15, -0.1) is 22.0 Å². The van der Waals surface area contributed by atoms with Crippen molar-refractivity contribution in [2.24, 2.45) is 0 Å². The molecule has 6 nitrogen and oxygen atoms in total. The molecule has 0 aliphatic carbocycles. The Morgan fingerprint density at radius 3 is 2.50 bits per heavy atom. The molecule has 2 rings (SSSR count). The van der Waals surface area contributed by atoms with E-state index in [1.165, 1.54) is 23.1 Å². The van der Waals surface area contributed by atoms with Crippen molar-refractivity contribution in [3.05, 3.63) is 34.8 Å². The van der Waals surface area contributed by atoms with Gasteiger partial charge in [-0.3, -0.25) is 14.9 Å². The molecular weight excluding hydrogens is 320 g/mol. The van der Waals surface area contributed by atoms with Crippen molar-refractivity contribution in [3.63, 3.8) is 0 Å². The number of hydrogen-bond donors (Lipinski definition) is 2. The summed E-state index contributed by atoms with van der Waals surface area (Å²) in [4.78, 5) is 23.5. The number of thioether (sulfide) groups is 1. The maximum absolute atomic E-state index is 11.8. The van der Waals surface area contributed by atoms with Gasteiger partial charge in [0.15, 0.2) is 0 Å². The smallest absolute Gasteiger partial charge is 0.236 e. The van der Waals surface area contributed by atoms with Crippen LogP contribution in [0, 0.1) is 13.8 Å². The van der Waals surface area contributed by atoms with Crippen LogP contribution in [0.3, 0.4) is 0 Å². The highest BCUT2D eigenvalue weighted by Crippen LogP contribution is 2.14. The SMILES string of the molecule is Cc1cccc(NC(=O)CSCC(=O)Nc2nnc(C)s2)c1. The van der Waals surface area contributed by atoms with Gasteiger partial charge >= 0.3 is 0 Å². The van der Waals surface area contributed by atoms with Crippen LogP contribution in [0.15, 0.2) is 24.3 Å². The first-order chi connectivity index (χ1) is 10.5. The summed E-state index contributed by atoms with van der Waals surface area (Å²) in [5.41, 5.74) is 1.84. The summed E-state index contributed by atoms with van der Waals surface area (Å²) in [6, 6.07) is 7.58. The minimum absolute atomic E-state index is 0.129. The molecule has 0 aliphatic rings. The van der Waals surface area contributed by atoms with Gasteiger partial charge in [-0.1, -0.05) is 23.5 Å². The molecule has 0 fully saturated rings. The van der Waals surface area contributed by atoms with E-state index in [0.29, 0.717) is 5.13 Å². The number of carbonyl (C=O) groups is 2. The normalized spacial score (nSPS) is 10.3. The van der Waals surface area contributed by atoms with Crippen molar-refractivity contribution in [3.8, 4) is 0 Å². The van der Waals surface area contributed by atoms with E-state index in [-0.39, 0.29) is 23.3 Å². The molecule has 0 bridgehead atoms. The highest BCUT2D eigenvalue weighted by molar-refractivity contribution is 8.00. The standard InChI is InChI=1S/C14H16N4O2S2/c1-9-4-3-5-11(6-9)15-12(19)7-21-8-13(20)16-14-18-17-10(2)22-14/h3-6H,7-8H2,1-2H3,(H,15,19)(H,16,18,20). The molecule has 0 aliphatic heterocycles. The average molecular weight is 336 g/mol. The number of carbonyl (C=O) groups excluding carboxylic acids is 2. The molecule has 22 heavy (non-hydrogen) atoms. The summed E-state index contributed by atoms with van der Waals surface area (Å²) in [5.74, 6) is 0.0933. The lowest BCUT2D eigenvalue weighted by Gasteiger charge is -2.05. The molecule has 0 spiro atoms. The molecule has 1 heterocycles. The lowest BCUT2D eigenvalue weighted by Crippen LogP contribution is -2.18. The van der Waals surface area contributed by atoms with E-state index < -0.39 is 0 Å². The molecular formula is C14H16N4O2S2. The van der Waals surface area contributed by atoms with Crippen molar-refractivity contribution >= 4 is 45.7 Å². The Hall–Kier alpha value is -1.93. The third-order valence-electron chi connectivity index (χ3n) is 2.54. The fraction of sp³-hybridized carbons (Fsp3) is 0.286. The third kappa shape index (κ3) is 5.45. The summed E-state index contributed by atoms with van der Waals surface area (Å²) < 4.78 is 0. The Bertz CT molecular complexity index is 672. The lowest BCUT2D eigenvalue weighted by atomic mass is 10.2. The van der Waals surface area contributed by atoms with Gasteiger partial charge in [-0.2, -0.15) is 0 Å². The summed E-state index contributed by atoms with van der Waals surface area (Å²) in [6.45, 7) is 3.78. The van der Waals surface area contributed by atoms with Crippen molar-refractivity contribution in [1.82, 2.24) is 10.2 Å². The minimum Gasteiger partial charge on any atom is -0.325 e. The van der Waals surface area contributed by atoms with Crippen LogP contribution in [-0.4, -0.2) is 33.5 Å². The van der Waals surface area contributed by atoms with E-state index >= 15 is 0 Å². The predicted octanol–water partition coefficient (Wildman–Crippen LogP) is 2.47. The molecule has 2 amide bonds. The van der Waals surface area contributed by atoms with Crippen LogP contribution in [0.1, 0.15) is 10.6 Å². The molecule has 0 unspecified atom stereocenters. The number of anilines is 2. The van der Waals surface area contributed by atoms with Crippen LogP contribution >= 0.6 is 23.1 Å². The maximum atomic E-state index is 11.8. The Kier molecular flexibility index (Phi) is 5.91. The second-order valence-electron chi connectivity index (χ2n) is 4.58. The van der Waals surface area contributed by atoms with E-state index in [1.807, 2.05) is 38.1 Å². The predicted molar refractivity (Wildman–Crippen MR) is 90.4 cm³/mol. The quantitative estimate of drug-likeness (QED) is 0.846. The number of aromatic nitrogens is 2. The molecule has 1 aromatic heterocycles. The topological polar surface area (TPSA) is 84.0 Å². The van der Waals surface area contributed by atoms with Gasteiger partial charge < -0.3 is 5.32 Å². The second-order valence-corrected chi connectivity index (χ2v) is 6.75. The van der Waals surface area contributed by atoms with Crippen molar-refractivity contribution < 1.29 is 9.59 Å². The fourth-order valence-corrected chi connectivity index (χ4v) is 2.88. The van der Waals surface area contributed by atoms with Crippen LogP contribution in [0.4, 0.5) is 10.8 Å². The molecule has 8 heteroatoms. The van der Waals surface area contributed by atoms with E-state index in [9.17, 15) is 9.59 Å². The highest BCUT2D eigenvalue weighted by atomic mass is 32.2. The summed E-state index contributed by atoms with van der Waals surface area (Å²) >= 11 is 2.57. The van der Waals surface area contributed by atoms with Gasteiger partial charge in [0.05, 0.1) is 11.5 Å². The van der Waals surface area contributed by atoms with Crippen molar-refractivity contribution in [2.45, 2.75) is 13.8 Å². The van der Waals surface area contributed by atoms with Gasteiger partial charge in [0.2, 0.25) is 16.9 Å². The number of benzene rings is 1. The van der Waals surface area contributed by atoms with Crippen LogP contribution in [0.5, 0.6) is 0 Å². The van der Waals surface area contributed by atoms with Gasteiger partial charge in [0, 0.05) is 5.69 Å². The highest BCUT2D eigenvalue weighted by Gasteiger charge is 2.08. The van der Waals surface area contributed by atoms with Gasteiger partial charge in [-0.05, 0) is 31.5 Å². The zero-order valence-corrected chi connectivity index (χ0v) is 13.9. The largest absolute Gasteiger partial charge is 0.325 e. The maximum Gasteiger partial charge on any atom is 0.236 e. The van der Waals surface area contributed by atoms with Crippen LogP contribution in [0.25, 0.3) is 0 Å². The molecule has 0 saturated heterocycles. The zero-order chi connectivity index (χ0) is 15.9. The first-order valence-corrected chi connectivity index (χ1v) is 8.54. The zero-order valence-electron chi connectivity index (χ0n) is 12.3. The summed E-state index contributed by atoms with van der Waals surface area (Å²) in [7, 11) is 0. The number of aryl methyl sites for hydroxylation is 2. The third-order valence-corrected chi connectivity index (χ3v) is 4.23. The van der Waals surface area contributed by atoms with E-state index in [2.05, 4.69) is 20.8 Å². The van der Waals surface area contributed by atoms with E-state index in [4.69, 9.17) is 0 Å². The van der Waals surface area contributed by atoms with E-state index in [0.717, 1.165) is 16.3 Å². The number of amides is 2. The number of nitrogens with zero attached hydrogens (tertiary/aromatic N) is 2. The number of nitrogens with one attached hydrogen (secondary N) is 2. The summed E-state index contributed by atoms with van der Waals surface area (Å²) in [5, 5.41) is 14.3. The Labute approximate surface area is 136 Å². The molecule has 116 valence electrons. The number of hydrogen-bond acceptors (Lipinski definition) is 6. The average Bonchev–Trinajstić information content (AvgIpc) is 2.84. The van der Waals surface area contributed by atoms with Crippen molar-refractivity contribution in [1.29, 1.82) is 0 Å². The van der Waals surface area contributed by atoms with Gasteiger partial charge in [-0.25, -0.2) is 0 Å². The first kappa shape index (κ1) is 16.4. The number of rotatable bonds is 6. The monoisotopic (exact) mass is 336 g/mol. The summed E-state index contributed by atoms with van der Waals surface area (Å²) in [6.07, 6.45) is 0. The van der Waals surface area contributed by atoms with Crippen molar-refractivity contribution in [2.75, 3.05) is 22.1 Å². The fourth-order valence-electron chi connectivity index (χ4n) is 1.66. The van der Waals surface area contributed by atoms with Crippen LogP contribution in [0.2, 0.25) is 0 Å². The molecule has 1 aromatic carbocycles. The molecule has 0 saturated carbocycles. The Morgan fingerprint density at radius 1 is 1.14 bits per heavy atom. The molecule has 0 atom stereocenters. The first-order valence-electron chi connectivity index (χ1n) is 6.57. The van der Waals surface area contributed by atoms with Crippen LogP contribution in [-0.2, 0) is 9.59 Å². The van der Waals surface area contributed by atoms with Crippen LogP contribution < -0.4 is 10.6 Å².